The van der Waals surface area contributed by atoms with Gasteiger partial charge in [0.2, 0.25) is 0 Å². The summed E-state index contributed by atoms with van der Waals surface area (Å²) in [6, 6.07) is 22.7. The third-order valence-electron chi connectivity index (χ3n) is 3.86. The predicted octanol–water partition coefficient (Wildman–Crippen LogP) is 4.45. The highest BCUT2D eigenvalue weighted by molar-refractivity contribution is 5.92. The lowest BCUT2D eigenvalue weighted by atomic mass is 10.1. The molecule has 0 atom stereocenters. The summed E-state index contributed by atoms with van der Waals surface area (Å²) in [5.41, 5.74) is 1.71. The summed E-state index contributed by atoms with van der Waals surface area (Å²) in [6.07, 6.45) is 0. The van der Waals surface area contributed by atoms with Crippen LogP contribution in [0.25, 0.3) is 0 Å². The van der Waals surface area contributed by atoms with Gasteiger partial charge in [-0.25, -0.2) is 9.59 Å². The number of benzene rings is 3. The third-order valence-corrected chi connectivity index (χ3v) is 3.86. The normalized spacial score (nSPS) is 10.2. The minimum absolute atomic E-state index is 0.112. The zero-order chi connectivity index (χ0) is 19.8. The predicted molar refractivity (Wildman–Crippen MR) is 105 cm³/mol. The smallest absolute Gasteiger partial charge is 0.343 e. The lowest BCUT2D eigenvalue weighted by Gasteiger charge is -2.09. The molecule has 0 radical (unpaired) electrons. The Morgan fingerprint density at radius 1 is 0.714 bits per heavy atom. The molecular formula is C23H20O5. The first-order chi connectivity index (χ1) is 13.6. The molecule has 0 saturated carbocycles. The van der Waals surface area contributed by atoms with Crippen LogP contribution in [-0.2, 0) is 4.74 Å². The lowest BCUT2D eigenvalue weighted by molar-refractivity contribution is 0.0449. The maximum atomic E-state index is 12.2. The summed E-state index contributed by atoms with van der Waals surface area (Å²) in [5.74, 6) is 0.000642. The summed E-state index contributed by atoms with van der Waals surface area (Å²) in [6.45, 7) is 2.26. The van der Waals surface area contributed by atoms with Crippen molar-refractivity contribution in [2.45, 2.75) is 6.92 Å². The van der Waals surface area contributed by atoms with Crippen molar-refractivity contribution in [3.63, 3.8) is 0 Å². The lowest BCUT2D eigenvalue weighted by Crippen LogP contribution is -2.13. The minimum atomic E-state index is -0.509. The van der Waals surface area contributed by atoms with Crippen molar-refractivity contribution < 1.29 is 23.8 Å². The molecule has 0 amide bonds. The molecule has 3 rings (SSSR count). The third kappa shape index (κ3) is 5.45. The molecule has 0 aliphatic rings. The number of hydrogen-bond donors (Lipinski definition) is 0. The number of aryl methyl sites for hydroxylation is 1. The van der Waals surface area contributed by atoms with E-state index in [9.17, 15) is 9.59 Å². The number of hydrogen-bond acceptors (Lipinski definition) is 5. The van der Waals surface area contributed by atoms with E-state index in [4.69, 9.17) is 14.2 Å². The Hall–Kier alpha value is -3.60. The van der Waals surface area contributed by atoms with Crippen LogP contribution >= 0.6 is 0 Å². The molecule has 3 aromatic rings. The zero-order valence-corrected chi connectivity index (χ0v) is 15.5. The minimum Gasteiger partial charge on any atom is -0.490 e. The van der Waals surface area contributed by atoms with Crippen molar-refractivity contribution >= 4 is 11.9 Å². The van der Waals surface area contributed by atoms with E-state index in [1.165, 1.54) is 6.07 Å². The highest BCUT2D eigenvalue weighted by Gasteiger charge is 2.12. The second-order valence-electron chi connectivity index (χ2n) is 6.08. The first-order valence-corrected chi connectivity index (χ1v) is 8.86. The van der Waals surface area contributed by atoms with Crippen molar-refractivity contribution in [1.82, 2.24) is 0 Å². The average molecular weight is 376 g/mol. The van der Waals surface area contributed by atoms with E-state index in [2.05, 4.69) is 0 Å². The fraction of sp³-hybridized carbons (Fsp3) is 0.130. The Labute approximate surface area is 163 Å². The van der Waals surface area contributed by atoms with E-state index < -0.39 is 11.9 Å². The number of esters is 2. The van der Waals surface area contributed by atoms with Crippen LogP contribution in [0, 0.1) is 6.92 Å². The summed E-state index contributed by atoms with van der Waals surface area (Å²) in [4.78, 5) is 24.4. The van der Waals surface area contributed by atoms with E-state index in [0.29, 0.717) is 16.9 Å². The van der Waals surface area contributed by atoms with Gasteiger partial charge < -0.3 is 14.2 Å². The Morgan fingerprint density at radius 3 is 2.14 bits per heavy atom. The molecule has 3 aromatic carbocycles. The van der Waals surface area contributed by atoms with E-state index >= 15 is 0 Å². The maximum absolute atomic E-state index is 12.2. The Balaban J connectivity index is 1.53. The second kappa shape index (κ2) is 9.37. The van der Waals surface area contributed by atoms with Gasteiger partial charge in [0.25, 0.3) is 0 Å². The zero-order valence-electron chi connectivity index (χ0n) is 15.5. The molecule has 0 aliphatic heterocycles. The molecule has 5 nitrogen and oxygen atoms in total. The summed E-state index contributed by atoms with van der Waals surface area (Å²) >= 11 is 0. The van der Waals surface area contributed by atoms with Gasteiger partial charge in [-0.05, 0) is 49.4 Å². The average Bonchev–Trinajstić information content (AvgIpc) is 2.72. The molecule has 5 heteroatoms. The molecule has 0 aromatic heterocycles. The molecule has 0 heterocycles. The van der Waals surface area contributed by atoms with Gasteiger partial charge in [0.15, 0.2) is 0 Å². The van der Waals surface area contributed by atoms with E-state index in [-0.39, 0.29) is 19.0 Å². The number of carbonyl (C=O) groups excluding carboxylic acids is 2. The highest BCUT2D eigenvalue weighted by atomic mass is 16.6. The van der Waals surface area contributed by atoms with Crippen LogP contribution in [0.3, 0.4) is 0 Å². The van der Waals surface area contributed by atoms with Crippen molar-refractivity contribution in [2.24, 2.45) is 0 Å². The van der Waals surface area contributed by atoms with Gasteiger partial charge in [-0.2, -0.15) is 0 Å². The van der Waals surface area contributed by atoms with E-state index in [1.807, 2.05) is 43.3 Å². The SMILES string of the molecule is Cc1cccc(C(=O)Oc2cccc(C(=O)OCCOc3ccccc3)c2)c1. The summed E-state index contributed by atoms with van der Waals surface area (Å²) in [5, 5.41) is 0. The van der Waals surface area contributed by atoms with Crippen LogP contribution in [0.2, 0.25) is 0 Å². The topological polar surface area (TPSA) is 61.8 Å². The second-order valence-corrected chi connectivity index (χ2v) is 6.08. The van der Waals surface area contributed by atoms with Crippen molar-refractivity contribution in [3.8, 4) is 11.5 Å². The van der Waals surface area contributed by atoms with Crippen molar-refractivity contribution in [1.29, 1.82) is 0 Å². The maximum Gasteiger partial charge on any atom is 0.343 e. The van der Waals surface area contributed by atoms with Crippen LogP contribution in [0.1, 0.15) is 26.3 Å². The fourth-order valence-electron chi connectivity index (χ4n) is 2.52. The van der Waals surface area contributed by atoms with E-state index in [1.54, 1.807) is 36.4 Å². The molecule has 0 bridgehead atoms. The van der Waals surface area contributed by atoms with Gasteiger partial charge in [-0.3, -0.25) is 0 Å². The van der Waals surface area contributed by atoms with Gasteiger partial charge in [0.1, 0.15) is 24.7 Å². The Morgan fingerprint density at radius 2 is 1.39 bits per heavy atom. The van der Waals surface area contributed by atoms with Gasteiger partial charge in [0, 0.05) is 0 Å². The molecule has 0 saturated heterocycles. The Bertz CT molecular complexity index is 950. The largest absolute Gasteiger partial charge is 0.490 e. The molecule has 0 unspecified atom stereocenters. The van der Waals surface area contributed by atoms with Crippen LogP contribution in [0.5, 0.6) is 11.5 Å². The molecule has 0 spiro atoms. The highest BCUT2D eigenvalue weighted by Crippen LogP contribution is 2.17. The van der Waals surface area contributed by atoms with Gasteiger partial charge in [-0.1, -0.05) is 42.0 Å². The first kappa shape index (κ1) is 19.2. The van der Waals surface area contributed by atoms with Gasteiger partial charge in [0.05, 0.1) is 11.1 Å². The number of rotatable bonds is 7. The molecule has 0 N–H and O–H groups in total. The van der Waals surface area contributed by atoms with Crippen LogP contribution in [0.15, 0.2) is 78.9 Å². The van der Waals surface area contributed by atoms with Crippen molar-refractivity contribution in [3.05, 3.63) is 95.6 Å². The standard InChI is InChI=1S/C23H20O5/c1-17-7-5-8-18(15-17)23(25)28-21-12-6-9-19(16-21)22(24)27-14-13-26-20-10-3-2-4-11-20/h2-12,15-16H,13-14H2,1H3. The van der Waals surface area contributed by atoms with Crippen molar-refractivity contribution in [2.75, 3.05) is 13.2 Å². The monoisotopic (exact) mass is 376 g/mol. The van der Waals surface area contributed by atoms with Gasteiger partial charge >= 0.3 is 11.9 Å². The van der Waals surface area contributed by atoms with E-state index in [0.717, 1.165) is 5.56 Å². The Kier molecular flexibility index (Phi) is 6.41. The summed E-state index contributed by atoms with van der Waals surface area (Å²) in [7, 11) is 0. The fourth-order valence-corrected chi connectivity index (χ4v) is 2.52. The molecule has 28 heavy (non-hydrogen) atoms. The quantitative estimate of drug-likeness (QED) is 0.346. The number of para-hydroxylation sites is 1. The number of ether oxygens (including phenoxy) is 3. The molecule has 0 fully saturated rings. The molecule has 0 aliphatic carbocycles. The number of carbonyl (C=O) groups is 2. The first-order valence-electron chi connectivity index (χ1n) is 8.86. The van der Waals surface area contributed by atoms with Crippen LogP contribution < -0.4 is 9.47 Å². The summed E-state index contributed by atoms with van der Waals surface area (Å²) < 4.78 is 16.0. The molecular weight excluding hydrogens is 356 g/mol. The van der Waals surface area contributed by atoms with Crippen LogP contribution in [-0.4, -0.2) is 25.2 Å². The van der Waals surface area contributed by atoms with Gasteiger partial charge in [-0.15, -0.1) is 0 Å². The van der Waals surface area contributed by atoms with Crippen LogP contribution in [0.4, 0.5) is 0 Å². The molecule has 142 valence electrons.